The van der Waals surface area contributed by atoms with Crippen molar-refractivity contribution in [2.24, 2.45) is 5.73 Å². The van der Waals surface area contributed by atoms with Gasteiger partial charge in [0.25, 0.3) is 11.8 Å². The summed E-state index contributed by atoms with van der Waals surface area (Å²) in [6.07, 6.45) is 3.37. The maximum absolute atomic E-state index is 12.3. The van der Waals surface area contributed by atoms with Gasteiger partial charge in [-0.15, -0.1) is 0 Å². The first-order valence-corrected chi connectivity index (χ1v) is 8.28. The molecule has 1 aliphatic rings. The summed E-state index contributed by atoms with van der Waals surface area (Å²) in [5.74, 6) is 0.838. The minimum absolute atomic E-state index is 0.119. The number of hydrogen-bond donors (Lipinski definition) is 3. The molecule has 0 radical (unpaired) electrons. The number of hydrogen-bond acceptors (Lipinski definition) is 6. The lowest BCUT2D eigenvalue weighted by molar-refractivity contribution is -0.123. The number of carbonyl (C=O) groups excluding carboxylic acids is 2. The molecule has 8 nitrogen and oxygen atoms in total. The number of carbonyl (C=O) groups is 2. The molecule has 0 spiro atoms. The zero-order chi connectivity index (χ0) is 18.5. The molecule has 1 saturated carbocycles. The van der Waals surface area contributed by atoms with E-state index in [1.807, 2.05) is 0 Å². The lowest BCUT2D eigenvalue weighted by atomic mass is 10.2. The van der Waals surface area contributed by atoms with Gasteiger partial charge in [-0.05, 0) is 31.0 Å². The summed E-state index contributed by atoms with van der Waals surface area (Å²) < 4.78 is 15.9. The molecule has 8 heteroatoms. The van der Waals surface area contributed by atoms with Gasteiger partial charge in [-0.25, -0.2) is 0 Å². The molecule has 0 saturated heterocycles. The molecule has 2 aromatic rings. The predicted octanol–water partition coefficient (Wildman–Crippen LogP) is 1.66. The van der Waals surface area contributed by atoms with E-state index in [9.17, 15) is 9.59 Å². The van der Waals surface area contributed by atoms with Crippen LogP contribution in [0.5, 0.6) is 11.5 Å². The van der Waals surface area contributed by atoms with Crippen molar-refractivity contribution in [3.63, 3.8) is 0 Å². The van der Waals surface area contributed by atoms with Gasteiger partial charge >= 0.3 is 0 Å². The SMILES string of the molecule is COc1ccc(NC(=O)c2coc(CN)c2)cc1OCC(=O)NC1CC1. The van der Waals surface area contributed by atoms with Crippen molar-refractivity contribution in [1.29, 1.82) is 0 Å². The van der Waals surface area contributed by atoms with Crippen LogP contribution in [0.1, 0.15) is 29.0 Å². The van der Waals surface area contributed by atoms with Crippen molar-refractivity contribution in [3.8, 4) is 11.5 Å². The number of nitrogens with one attached hydrogen (secondary N) is 2. The molecule has 1 aromatic heterocycles. The number of amides is 2. The number of ether oxygens (including phenoxy) is 2. The third-order valence-corrected chi connectivity index (χ3v) is 3.84. The Morgan fingerprint density at radius 2 is 2.08 bits per heavy atom. The van der Waals surface area contributed by atoms with Crippen molar-refractivity contribution in [2.45, 2.75) is 25.4 Å². The number of anilines is 1. The molecule has 4 N–H and O–H groups in total. The second-order valence-electron chi connectivity index (χ2n) is 5.96. The van der Waals surface area contributed by atoms with Gasteiger partial charge in [-0.1, -0.05) is 0 Å². The molecule has 3 rings (SSSR count). The lowest BCUT2D eigenvalue weighted by Gasteiger charge is -2.12. The minimum Gasteiger partial charge on any atom is -0.493 e. The highest BCUT2D eigenvalue weighted by atomic mass is 16.5. The molecule has 0 unspecified atom stereocenters. The zero-order valence-corrected chi connectivity index (χ0v) is 14.4. The van der Waals surface area contributed by atoms with Crippen molar-refractivity contribution >= 4 is 17.5 Å². The molecule has 0 aliphatic heterocycles. The number of rotatable bonds is 8. The molecular weight excluding hydrogens is 338 g/mol. The van der Waals surface area contributed by atoms with Crippen LogP contribution in [-0.4, -0.2) is 31.6 Å². The number of furan rings is 1. The van der Waals surface area contributed by atoms with Gasteiger partial charge in [-0.3, -0.25) is 9.59 Å². The highest BCUT2D eigenvalue weighted by Gasteiger charge is 2.23. The van der Waals surface area contributed by atoms with E-state index < -0.39 is 0 Å². The molecule has 1 aromatic carbocycles. The maximum atomic E-state index is 12.3. The van der Waals surface area contributed by atoms with Gasteiger partial charge in [0, 0.05) is 17.8 Å². The van der Waals surface area contributed by atoms with E-state index in [-0.39, 0.29) is 31.0 Å². The van der Waals surface area contributed by atoms with Crippen LogP contribution >= 0.6 is 0 Å². The molecule has 1 heterocycles. The van der Waals surface area contributed by atoms with E-state index >= 15 is 0 Å². The van der Waals surface area contributed by atoms with Gasteiger partial charge in [0.05, 0.1) is 19.2 Å². The van der Waals surface area contributed by atoms with Gasteiger partial charge in [0.1, 0.15) is 12.0 Å². The van der Waals surface area contributed by atoms with Gasteiger partial charge in [-0.2, -0.15) is 0 Å². The van der Waals surface area contributed by atoms with E-state index in [2.05, 4.69) is 10.6 Å². The largest absolute Gasteiger partial charge is 0.493 e. The Morgan fingerprint density at radius 1 is 1.27 bits per heavy atom. The van der Waals surface area contributed by atoms with E-state index in [1.165, 1.54) is 13.4 Å². The molecule has 1 aliphatic carbocycles. The van der Waals surface area contributed by atoms with Crippen LogP contribution in [0.15, 0.2) is 34.9 Å². The Morgan fingerprint density at radius 3 is 2.73 bits per heavy atom. The Balaban J connectivity index is 1.65. The van der Waals surface area contributed by atoms with Crippen LogP contribution in [0.2, 0.25) is 0 Å². The monoisotopic (exact) mass is 359 g/mol. The van der Waals surface area contributed by atoms with Crippen molar-refractivity contribution in [2.75, 3.05) is 19.0 Å². The highest BCUT2D eigenvalue weighted by Crippen LogP contribution is 2.30. The highest BCUT2D eigenvalue weighted by molar-refractivity contribution is 6.04. The fourth-order valence-electron chi connectivity index (χ4n) is 2.32. The summed E-state index contributed by atoms with van der Waals surface area (Å²) in [6, 6.07) is 6.79. The molecule has 1 fully saturated rings. The Bertz CT molecular complexity index is 798. The summed E-state index contributed by atoms with van der Waals surface area (Å²) in [7, 11) is 1.50. The van der Waals surface area contributed by atoms with E-state index in [1.54, 1.807) is 24.3 Å². The molecule has 138 valence electrons. The Hall–Kier alpha value is -3.00. The molecule has 0 atom stereocenters. The number of nitrogens with two attached hydrogens (primary N) is 1. The van der Waals surface area contributed by atoms with Crippen LogP contribution in [-0.2, 0) is 11.3 Å². The van der Waals surface area contributed by atoms with E-state index in [4.69, 9.17) is 19.6 Å². The standard InChI is InChI=1S/C18H21N3O5/c1-24-15-5-4-13(21-18(23)11-6-14(8-19)25-9-11)7-16(15)26-10-17(22)20-12-2-3-12/h4-7,9,12H,2-3,8,10,19H2,1H3,(H,20,22)(H,21,23). The Labute approximate surface area is 150 Å². The molecule has 0 bridgehead atoms. The summed E-state index contributed by atoms with van der Waals surface area (Å²) >= 11 is 0. The second kappa shape index (κ2) is 7.92. The average molecular weight is 359 g/mol. The average Bonchev–Trinajstić information content (AvgIpc) is 3.32. The molecule has 2 amide bonds. The van der Waals surface area contributed by atoms with E-state index in [0.717, 1.165) is 12.8 Å². The van der Waals surface area contributed by atoms with Gasteiger partial charge in [0.15, 0.2) is 18.1 Å². The fraction of sp³-hybridized carbons (Fsp3) is 0.333. The first kappa shape index (κ1) is 17.8. The van der Waals surface area contributed by atoms with E-state index in [0.29, 0.717) is 28.5 Å². The van der Waals surface area contributed by atoms with Gasteiger partial charge in [0.2, 0.25) is 0 Å². The van der Waals surface area contributed by atoms with Crippen molar-refractivity contribution in [1.82, 2.24) is 5.32 Å². The third-order valence-electron chi connectivity index (χ3n) is 3.84. The first-order chi connectivity index (χ1) is 12.6. The van der Waals surface area contributed by atoms with Crippen LogP contribution in [0, 0.1) is 0 Å². The molecular formula is C18H21N3O5. The summed E-state index contributed by atoms with van der Waals surface area (Å²) in [4.78, 5) is 24.0. The Kier molecular flexibility index (Phi) is 5.43. The smallest absolute Gasteiger partial charge is 0.258 e. The third kappa shape index (κ3) is 4.54. The lowest BCUT2D eigenvalue weighted by Crippen LogP contribution is -2.30. The van der Waals surface area contributed by atoms with Crippen molar-refractivity contribution < 1.29 is 23.5 Å². The molecule has 26 heavy (non-hydrogen) atoms. The van der Waals surface area contributed by atoms with Crippen LogP contribution in [0.25, 0.3) is 0 Å². The topological polar surface area (TPSA) is 116 Å². The summed E-state index contributed by atoms with van der Waals surface area (Å²) in [5, 5.41) is 5.58. The van der Waals surface area contributed by atoms with Crippen LogP contribution < -0.4 is 25.8 Å². The second-order valence-corrected chi connectivity index (χ2v) is 5.96. The maximum Gasteiger partial charge on any atom is 0.258 e. The summed E-state index contributed by atoms with van der Waals surface area (Å²) in [5.41, 5.74) is 6.34. The summed E-state index contributed by atoms with van der Waals surface area (Å²) in [6.45, 7) is 0.0998. The fourth-order valence-corrected chi connectivity index (χ4v) is 2.32. The quantitative estimate of drug-likeness (QED) is 0.660. The minimum atomic E-state index is -0.337. The number of methoxy groups -OCH3 is 1. The first-order valence-electron chi connectivity index (χ1n) is 8.28. The number of benzene rings is 1. The zero-order valence-electron chi connectivity index (χ0n) is 14.4. The van der Waals surface area contributed by atoms with Gasteiger partial charge < -0.3 is 30.3 Å². The van der Waals surface area contributed by atoms with Crippen molar-refractivity contribution in [3.05, 3.63) is 41.9 Å². The van der Waals surface area contributed by atoms with Crippen LogP contribution in [0.4, 0.5) is 5.69 Å². The normalized spacial score (nSPS) is 13.2. The predicted molar refractivity (Wildman–Crippen MR) is 94.2 cm³/mol. The van der Waals surface area contributed by atoms with Crippen LogP contribution in [0.3, 0.4) is 0 Å².